The number of carbonyl (C=O) groups excluding carboxylic acids is 2. The summed E-state index contributed by atoms with van der Waals surface area (Å²) in [5.41, 5.74) is 4.19. The molecule has 1 atom stereocenters. The van der Waals surface area contributed by atoms with Gasteiger partial charge in [-0.25, -0.2) is 4.39 Å². The Bertz CT molecular complexity index is 1490. The van der Waals surface area contributed by atoms with Gasteiger partial charge in [0.15, 0.2) is 0 Å². The summed E-state index contributed by atoms with van der Waals surface area (Å²) in [5.74, 6) is -1.18. The Balaban J connectivity index is 1.28. The molecule has 5 rings (SSSR count). The molecule has 2 amide bonds. The maximum Gasteiger partial charge on any atom is 0.251 e. The van der Waals surface area contributed by atoms with Gasteiger partial charge >= 0.3 is 0 Å². The number of H-pyrrole nitrogens is 1. The number of halogens is 1. The summed E-state index contributed by atoms with van der Waals surface area (Å²) in [7, 11) is 0. The van der Waals surface area contributed by atoms with Crippen molar-refractivity contribution in [3.8, 4) is 0 Å². The van der Waals surface area contributed by atoms with E-state index in [4.69, 9.17) is 0 Å². The maximum absolute atomic E-state index is 13.3. The van der Waals surface area contributed by atoms with Gasteiger partial charge in [-0.1, -0.05) is 42.5 Å². The van der Waals surface area contributed by atoms with E-state index in [2.05, 4.69) is 20.7 Å². The number of rotatable bonds is 9. The SMILES string of the molecule is O=C(NC(Cc1c[nH]c2ccccc12)C(=O)NCc1ccc(Cn2cccn2)cc1)c1ccc(F)cc1. The first-order valence-corrected chi connectivity index (χ1v) is 12.0. The lowest BCUT2D eigenvalue weighted by Gasteiger charge is -2.19. The fourth-order valence-corrected chi connectivity index (χ4v) is 4.23. The van der Waals surface area contributed by atoms with Crippen LogP contribution in [0.25, 0.3) is 10.9 Å². The van der Waals surface area contributed by atoms with Gasteiger partial charge in [-0.2, -0.15) is 5.10 Å². The highest BCUT2D eigenvalue weighted by atomic mass is 19.1. The van der Waals surface area contributed by atoms with E-state index in [9.17, 15) is 14.0 Å². The van der Waals surface area contributed by atoms with E-state index in [0.717, 1.165) is 27.6 Å². The largest absolute Gasteiger partial charge is 0.361 e. The molecule has 0 saturated carbocycles. The Morgan fingerprint density at radius 3 is 2.46 bits per heavy atom. The minimum absolute atomic E-state index is 0.283. The van der Waals surface area contributed by atoms with Gasteiger partial charge in [0.2, 0.25) is 5.91 Å². The van der Waals surface area contributed by atoms with Crippen LogP contribution in [0, 0.1) is 5.82 Å². The molecule has 0 bridgehead atoms. The van der Waals surface area contributed by atoms with Crippen LogP contribution in [-0.2, 0) is 24.3 Å². The lowest BCUT2D eigenvalue weighted by atomic mass is 10.0. The number of amides is 2. The number of aromatic nitrogens is 3. The standard InChI is InChI=1S/C29H26FN5O2/c30-24-12-10-22(11-13-24)28(36)34-27(16-23-18-31-26-5-2-1-4-25(23)26)29(37)32-17-20-6-8-21(9-7-20)19-35-15-3-14-33-35/h1-15,18,27,31H,16-17,19H2,(H,32,37)(H,34,36). The molecule has 2 heterocycles. The Labute approximate surface area is 213 Å². The lowest BCUT2D eigenvalue weighted by Crippen LogP contribution is -2.47. The van der Waals surface area contributed by atoms with E-state index < -0.39 is 17.8 Å². The summed E-state index contributed by atoms with van der Waals surface area (Å²) in [5, 5.41) is 11.0. The van der Waals surface area contributed by atoms with Gasteiger partial charge < -0.3 is 15.6 Å². The zero-order valence-corrected chi connectivity index (χ0v) is 20.0. The van der Waals surface area contributed by atoms with Crippen molar-refractivity contribution in [1.29, 1.82) is 0 Å². The van der Waals surface area contributed by atoms with E-state index >= 15 is 0 Å². The third kappa shape index (κ3) is 5.92. The molecule has 0 fully saturated rings. The van der Waals surface area contributed by atoms with Crippen LogP contribution in [0.5, 0.6) is 0 Å². The van der Waals surface area contributed by atoms with E-state index in [-0.39, 0.29) is 11.5 Å². The average molecular weight is 496 g/mol. The molecule has 5 aromatic rings. The Kier molecular flexibility index (Phi) is 7.07. The van der Waals surface area contributed by atoms with Crippen molar-refractivity contribution in [3.05, 3.63) is 126 Å². The predicted molar refractivity (Wildman–Crippen MR) is 139 cm³/mol. The molecular weight excluding hydrogens is 469 g/mol. The maximum atomic E-state index is 13.3. The van der Waals surface area contributed by atoms with E-state index in [0.29, 0.717) is 19.5 Å². The zero-order valence-electron chi connectivity index (χ0n) is 20.0. The first-order valence-electron chi connectivity index (χ1n) is 12.0. The molecule has 8 heteroatoms. The highest BCUT2D eigenvalue weighted by molar-refractivity contribution is 5.98. The number of hydrogen-bond donors (Lipinski definition) is 3. The lowest BCUT2D eigenvalue weighted by molar-refractivity contribution is -0.123. The van der Waals surface area contributed by atoms with Gasteiger partial charge in [0.25, 0.3) is 5.91 Å². The second kappa shape index (κ2) is 10.9. The molecule has 0 radical (unpaired) electrons. The van der Waals surface area contributed by atoms with Crippen molar-refractivity contribution in [1.82, 2.24) is 25.4 Å². The van der Waals surface area contributed by atoms with E-state index in [1.54, 1.807) is 6.20 Å². The van der Waals surface area contributed by atoms with Crippen molar-refractivity contribution in [2.45, 2.75) is 25.6 Å². The monoisotopic (exact) mass is 495 g/mol. The van der Waals surface area contributed by atoms with Gasteiger partial charge in [0.1, 0.15) is 11.9 Å². The minimum atomic E-state index is -0.823. The topological polar surface area (TPSA) is 91.8 Å². The second-order valence-corrected chi connectivity index (χ2v) is 8.83. The first-order chi connectivity index (χ1) is 18.0. The minimum Gasteiger partial charge on any atom is -0.361 e. The van der Waals surface area contributed by atoms with Gasteiger partial charge in [-0.15, -0.1) is 0 Å². The molecule has 0 aliphatic carbocycles. The molecule has 186 valence electrons. The quantitative estimate of drug-likeness (QED) is 0.286. The fraction of sp³-hybridized carbons (Fsp3) is 0.138. The summed E-state index contributed by atoms with van der Waals surface area (Å²) >= 11 is 0. The summed E-state index contributed by atoms with van der Waals surface area (Å²) in [6, 6.07) is 22.0. The molecule has 37 heavy (non-hydrogen) atoms. The average Bonchev–Trinajstić information content (AvgIpc) is 3.58. The Hall–Kier alpha value is -4.72. The van der Waals surface area contributed by atoms with E-state index in [1.807, 2.05) is 71.7 Å². The molecule has 0 aliphatic rings. The van der Waals surface area contributed by atoms with Crippen LogP contribution in [0.2, 0.25) is 0 Å². The van der Waals surface area contributed by atoms with Crippen LogP contribution in [0.3, 0.4) is 0 Å². The predicted octanol–water partition coefficient (Wildman–Crippen LogP) is 4.21. The highest BCUT2D eigenvalue weighted by Gasteiger charge is 2.23. The molecule has 7 nitrogen and oxygen atoms in total. The van der Waals surface area contributed by atoms with Gasteiger partial charge in [0, 0.05) is 48.0 Å². The second-order valence-electron chi connectivity index (χ2n) is 8.83. The zero-order chi connectivity index (χ0) is 25.6. The van der Waals surface area contributed by atoms with Crippen molar-refractivity contribution < 1.29 is 14.0 Å². The molecule has 0 aliphatic heterocycles. The van der Waals surface area contributed by atoms with Crippen LogP contribution in [0.4, 0.5) is 4.39 Å². The number of nitrogens with zero attached hydrogens (tertiary/aromatic N) is 2. The number of aromatic amines is 1. The fourth-order valence-electron chi connectivity index (χ4n) is 4.23. The molecule has 0 saturated heterocycles. The van der Waals surface area contributed by atoms with Gasteiger partial charge in [0.05, 0.1) is 6.54 Å². The van der Waals surface area contributed by atoms with Gasteiger partial charge in [-0.3, -0.25) is 14.3 Å². The molecule has 2 aromatic heterocycles. The molecular formula is C29H26FN5O2. The van der Waals surface area contributed by atoms with Crippen molar-refractivity contribution in [2.24, 2.45) is 0 Å². The number of para-hydroxylation sites is 1. The number of carbonyl (C=O) groups is 2. The van der Waals surface area contributed by atoms with Crippen LogP contribution >= 0.6 is 0 Å². The normalized spacial score (nSPS) is 11.8. The van der Waals surface area contributed by atoms with E-state index in [1.165, 1.54) is 24.3 Å². The third-order valence-electron chi connectivity index (χ3n) is 6.22. The van der Waals surface area contributed by atoms with Crippen molar-refractivity contribution >= 4 is 22.7 Å². The van der Waals surface area contributed by atoms with Crippen LogP contribution in [0.15, 0.2) is 97.5 Å². The number of nitrogens with one attached hydrogen (secondary N) is 3. The summed E-state index contributed by atoms with van der Waals surface area (Å²) in [4.78, 5) is 29.4. The smallest absolute Gasteiger partial charge is 0.251 e. The third-order valence-corrected chi connectivity index (χ3v) is 6.22. The van der Waals surface area contributed by atoms with Crippen molar-refractivity contribution in [3.63, 3.8) is 0 Å². The Morgan fingerprint density at radius 1 is 0.946 bits per heavy atom. The molecule has 3 aromatic carbocycles. The summed E-state index contributed by atoms with van der Waals surface area (Å²) in [6.45, 7) is 0.986. The summed E-state index contributed by atoms with van der Waals surface area (Å²) in [6.07, 6.45) is 5.80. The van der Waals surface area contributed by atoms with Crippen LogP contribution in [0.1, 0.15) is 27.0 Å². The number of hydrogen-bond acceptors (Lipinski definition) is 3. The van der Waals surface area contributed by atoms with Crippen LogP contribution in [-0.4, -0.2) is 32.6 Å². The highest BCUT2D eigenvalue weighted by Crippen LogP contribution is 2.19. The Morgan fingerprint density at radius 2 is 1.70 bits per heavy atom. The molecule has 3 N–H and O–H groups in total. The number of fused-ring (bicyclic) bond motifs is 1. The van der Waals surface area contributed by atoms with Gasteiger partial charge in [-0.05, 0) is 53.1 Å². The first kappa shape index (κ1) is 24.0. The van der Waals surface area contributed by atoms with Crippen LogP contribution < -0.4 is 10.6 Å². The van der Waals surface area contributed by atoms with Crippen molar-refractivity contribution in [2.75, 3.05) is 0 Å². The molecule has 1 unspecified atom stereocenters. The number of benzene rings is 3. The summed E-state index contributed by atoms with van der Waals surface area (Å²) < 4.78 is 15.2. The molecule has 0 spiro atoms.